The lowest BCUT2D eigenvalue weighted by molar-refractivity contribution is 0.0697. The van der Waals surface area contributed by atoms with E-state index in [1.807, 2.05) is 18.2 Å². The SMILES string of the molecule is O=C(O)c1cccc(-c2cccc3sccc23)c1. The monoisotopic (exact) mass is 254 g/mol. The maximum absolute atomic E-state index is 11.0. The van der Waals surface area contributed by atoms with Crippen LogP contribution in [0.25, 0.3) is 21.2 Å². The van der Waals surface area contributed by atoms with Gasteiger partial charge in [0.25, 0.3) is 0 Å². The highest BCUT2D eigenvalue weighted by atomic mass is 32.1. The van der Waals surface area contributed by atoms with E-state index in [2.05, 4.69) is 17.5 Å². The smallest absolute Gasteiger partial charge is 0.335 e. The first-order chi connectivity index (χ1) is 8.75. The van der Waals surface area contributed by atoms with Crippen molar-refractivity contribution in [1.82, 2.24) is 0 Å². The molecule has 0 aliphatic carbocycles. The Kier molecular flexibility index (Phi) is 2.61. The molecule has 1 N–H and O–H groups in total. The quantitative estimate of drug-likeness (QED) is 0.741. The largest absolute Gasteiger partial charge is 0.478 e. The Balaban J connectivity index is 2.23. The molecule has 0 saturated carbocycles. The van der Waals surface area contributed by atoms with Gasteiger partial charge in [0.15, 0.2) is 0 Å². The molecular formula is C15H10O2S. The number of aromatic carboxylic acids is 1. The van der Waals surface area contributed by atoms with Gasteiger partial charge < -0.3 is 5.11 Å². The minimum Gasteiger partial charge on any atom is -0.478 e. The summed E-state index contributed by atoms with van der Waals surface area (Å²) in [6.07, 6.45) is 0. The first-order valence-electron chi connectivity index (χ1n) is 5.55. The normalized spacial score (nSPS) is 10.7. The lowest BCUT2D eigenvalue weighted by Gasteiger charge is -2.04. The van der Waals surface area contributed by atoms with Crippen LogP contribution in [0, 0.1) is 0 Å². The Bertz CT molecular complexity index is 728. The van der Waals surface area contributed by atoms with Crippen LogP contribution in [-0.2, 0) is 0 Å². The van der Waals surface area contributed by atoms with Crippen molar-refractivity contribution in [3.8, 4) is 11.1 Å². The fourth-order valence-corrected chi connectivity index (χ4v) is 2.88. The Morgan fingerprint density at radius 1 is 1.06 bits per heavy atom. The van der Waals surface area contributed by atoms with E-state index in [1.165, 1.54) is 10.1 Å². The van der Waals surface area contributed by atoms with Gasteiger partial charge in [-0.3, -0.25) is 0 Å². The van der Waals surface area contributed by atoms with Crippen molar-refractivity contribution >= 4 is 27.4 Å². The van der Waals surface area contributed by atoms with Crippen molar-refractivity contribution < 1.29 is 9.90 Å². The fraction of sp³-hybridized carbons (Fsp3) is 0. The fourth-order valence-electron chi connectivity index (χ4n) is 2.07. The molecule has 0 saturated heterocycles. The highest BCUT2D eigenvalue weighted by molar-refractivity contribution is 7.17. The minimum atomic E-state index is -0.894. The molecule has 1 heterocycles. The standard InChI is InChI=1S/C15H10O2S/c16-15(17)11-4-1-3-10(9-11)12-5-2-6-14-13(12)7-8-18-14/h1-9H,(H,16,17). The number of hydrogen-bond acceptors (Lipinski definition) is 2. The molecule has 0 radical (unpaired) electrons. The summed E-state index contributed by atoms with van der Waals surface area (Å²) < 4.78 is 1.22. The molecule has 0 fully saturated rings. The molecule has 3 heteroatoms. The Labute approximate surface area is 108 Å². The molecule has 88 valence electrons. The summed E-state index contributed by atoms with van der Waals surface area (Å²) in [5, 5.41) is 12.3. The molecule has 0 bridgehead atoms. The van der Waals surface area contributed by atoms with Gasteiger partial charge in [0.1, 0.15) is 0 Å². The van der Waals surface area contributed by atoms with E-state index in [1.54, 1.807) is 29.5 Å². The molecular weight excluding hydrogens is 244 g/mol. The van der Waals surface area contributed by atoms with Gasteiger partial charge in [-0.05, 0) is 40.8 Å². The van der Waals surface area contributed by atoms with E-state index < -0.39 is 5.97 Å². The zero-order valence-corrected chi connectivity index (χ0v) is 10.3. The molecule has 0 spiro atoms. The zero-order chi connectivity index (χ0) is 12.5. The summed E-state index contributed by atoms with van der Waals surface area (Å²) >= 11 is 1.69. The minimum absolute atomic E-state index is 0.319. The van der Waals surface area contributed by atoms with Gasteiger partial charge in [-0.2, -0.15) is 0 Å². The number of carbonyl (C=O) groups is 1. The van der Waals surface area contributed by atoms with E-state index in [0.29, 0.717) is 5.56 Å². The molecule has 1 aromatic heterocycles. The van der Waals surface area contributed by atoms with Gasteiger partial charge in [-0.25, -0.2) is 4.79 Å². The van der Waals surface area contributed by atoms with Crippen molar-refractivity contribution in [3.63, 3.8) is 0 Å². The van der Waals surface area contributed by atoms with E-state index in [0.717, 1.165) is 11.1 Å². The van der Waals surface area contributed by atoms with Gasteiger partial charge in [0, 0.05) is 10.1 Å². The first-order valence-corrected chi connectivity index (χ1v) is 6.43. The third-order valence-electron chi connectivity index (χ3n) is 2.92. The van der Waals surface area contributed by atoms with Crippen molar-refractivity contribution in [2.75, 3.05) is 0 Å². The van der Waals surface area contributed by atoms with Gasteiger partial charge in [0.05, 0.1) is 5.56 Å². The van der Waals surface area contributed by atoms with Crippen molar-refractivity contribution in [3.05, 3.63) is 59.5 Å². The molecule has 3 aromatic rings. The van der Waals surface area contributed by atoms with Gasteiger partial charge in [-0.1, -0.05) is 24.3 Å². The molecule has 0 aliphatic rings. The third kappa shape index (κ3) is 1.79. The second-order valence-electron chi connectivity index (χ2n) is 4.02. The predicted octanol–water partition coefficient (Wildman–Crippen LogP) is 4.27. The summed E-state index contributed by atoms with van der Waals surface area (Å²) in [6, 6.07) is 15.2. The van der Waals surface area contributed by atoms with E-state index in [9.17, 15) is 4.79 Å². The average Bonchev–Trinajstić information content (AvgIpc) is 2.87. The summed E-state index contributed by atoms with van der Waals surface area (Å²) in [5.41, 5.74) is 2.34. The van der Waals surface area contributed by atoms with E-state index in [-0.39, 0.29) is 0 Å². The second-order valence-corrected chi connectivity index (χ2v) is 4.97. The van der Waals surface area contributed by atoms with Crippen LogP contribution in [0.2, 0.25) is 0 Å². The number of rotatable bonds is 2. The van der Waals surface area contributed by atoms with Crippen LogP contribution in [0.4, 0.5) is 0 Å². The number of thiophene rings is 1. The molecule has 2 aromatic carbocycles. The van der Waals surface area contributed by atoms with Crippen LogP contribution in [0.15, 0.2) is 53.9 Å². The molecule has 0 aliphatic heterocycles. The molecule has 0 amide bonds. The number of hydrogen-bond donors (Lipinski definition) is 1. The van der Waals surface area contributed by atoms with Crippen LogP contribution >= 0.6 is 11.3 Å². The highest BCUT2D eigenvalue weighted by Gasteiger charge is 2.07. The average molecular weight is 254 g/mol. The Hall–Kier alpha value is -2.13. The van der Waals surface area contributed by atoms with Gasteiger partial charge >= 0.3 is 5.97 Å². The summed E-state index contributed by atoms with van der Waals surface area (Å²) in [4.78, 5) is 11.0. The summed E-state index contributed by atoms with van der Waals surface area (Å²) in [6.45, 7) is 0. The van der Waals surface area contributed by atoms with Crippen LogP contribution in [-0.4, -0.2) is 11.1 Å². The molecule has 3 rings (SSSR count). The van der Waals surface area contributed by atoms with Crippen molar-refractivity contribution in [2.45, 2.75) is 0 Å². The summed E-state index contributed by atoms with van der Waals surface area (Å²) in [7, 11) is 0. The lowest BCUT2D eigenvalue weighted by atomic mass is 10.0. The Morgan fingerprint density at radius 3 is 2.72 bits per heavy atom. The van der Waals surface area contributed by atoms with Crippen LogP contribution in [0.3, 0.4) is 0 Å². The van der Waals surface area contributed by atoms with E-state index >= 15 is 0 Å². The van der Waals surface area contributed by atoms with Gasteiger partial charge in [-0.15, -0.1) is 11.3 Å². The second kappa shape index (κ2) is 4.27. The Morgan fingerprint density at radius 2 is 1.89 bits per heavy atom. The number of carboxylic acids is 1. The number of fused-ring (bicyclic) bond motifs is 1. The molecule has 0 atom stereocenters. The maximum atomic E-state index is 11.0. The van der Waals surface area contributed by atoms with E-state index in [4.69, 9.17) is 5.11 Å². The number of carboxylic acid groups (broad SMARTS) is 1. The topological polar surface area (TPSA) is 37.3 Å². The third-order valence-corrected chi connectivity index (χ3v) is 3.80. The highest BCUT2D eigenvalue weighted by Crippen LogP contribution is 2.31. The summed E-state index contributed by atoms with van der Waals surface area (Å²) in [5.74, 6) is -0.894. The van der Waals surface area contributed by atoms with Crippen LogP contribution in [0.1, 0.15) is 10.4 Å². The molecule has 2 nitrogen and oxygen atoms in total. The van der Waals surface area contributed by atoms with Gasteiger partial charge in [0.2, 0.25) is 0 Å². The zero-order valence-electron chi connectivity index (χ0n) is 9.46. The van der Waals surface area contributed by atoms with Crippen LogP contribution in [0.5, 0.6) is 0 Å². The molecule has 18 heavy (non-hydrogen) atoms. The lowest BCUT2D eigenvalue weighted by Crippen LogP contribution is -1.95. The van der Waals surface area contributed by atoms with Crippen molar-refractivity contribution in [2.24, 2.45) is 0 Å². The molecule has 0 unspecified atom stereocenters. The number of benzene rings is 2. The maximum Gasteiger partial charge on any atom is 0.335 e. The van der Waals surface area contributed by atoms with Crippen LogP contribution < -0.4 is 0 Å². The van der Waals surface area contributed by atoms with Crippen molar-refractivity contribution in [1.29, 1.82) is 0 Å². The predicted molar refractivity (Wildman–Crippen MR) is 74.2 cm³/mol. The first kappa shape index (κ1) is 11.0.